The molecule has 2 aromatic rings. The van der Waals surface area contributed by atoms with Gasteiger partial charge >= 0.3 is 0 Å². The quantitative estimate of drug-likeness (QED) is 0.818. The van der Waals surface area contributed by atoms with E-state index in [1.54, 1.807) is 0 Å². The van der Waals surface area contributed by atoms with Crippen molar-refractivity contribution in [3.05, 3.63) is 47.3 Å². The Morgan fingerprint density at radius 2 is 1.89 bits per heavy atom. The molecule has 0 bridgehead atoms. The number of ether oxygens (including phenoxy) is 1. The molecule has 2 heterocycles. The fourth-order valence-corrected chi connectivity index (χ4v) is 4.38. The monoisotopic (exact) mass is 383 g/mol. The third kappa shape index (κ3) is 4.58. The van der Waals surface area contributed by atoms with Crippen LogP contribution >= 0.6 is 0 Å². The molecule has 1 saturated carbocycles. The lowest BCUT2D eigenvalue weighted by atomic mass is 9.92. The number of nitrogens with zero attached hydrogens (tertiary/aromatic N) is 3. The largest absolute Gasteiger partial charge is 0.491 e. The minimum absolute atomic E-state index is 0.364. The molecule has 1 aromatic heterocycles. The maximum absolute atomic E-state index is 10.9. The molecule has 1 N–H and O–H groups in total. The summed E-state index contributed by atoms with van der Waals surface area (Å²) < 4.78 is 8.08. The van der Waals surface area contributed by atoms with Crippen LogP contribution in [0.15, 0.2) is 30.6 Å². The minimum atomic E-state index is -0.733. The summed E-state index contributed by atoms with van der Waals surface area (Å²) in [5.74, 6) is 0.846. The number of hydrogen-bond donors (Lipinski definition) is 1. The Hall–Kier alpha value is -1.85. The lowest BCUT2D eigenvalue weighted by molar-refractivity contribution is -0.0537. The summed E-state index contributed by atoms with van der Waals surface area (Å²) in [5.41, 5.74) is 3.03. The summed E-state index contributed by atoms with van der Waals surface area (Å²) >= 11 is 0. The Morgan fingerprint density at radius 1 is 1.14 bits per heavy atom. The van der Waals surface area contributed by atoms with E-state index in [1.807, 2.05) is 12.3 Å². The highest BCUT2D eigenvalue weighted by atomic mass is 16.5. The van der Waals surface area contributed by atoms with E-state index in [0.717, 1.165) is 38.2 Å². The van der Waals surface area contributed by atoms with E-state index in [1.165, 1.54) is 42.4 Å². The average Bonchev–Trinajstić information content (AvgIpc) is 3.37. The smallest absolute Gasteiger partial charge is 0.119 e. The number of aliphatic hydroxyl groups is 1. The van der Waals surface area contributed by atoms with Gasteiger partial charge in [-0.3, -0.25) is 9.58 Å². The van der Waals surface area contributed by atoms with Gasteiger partial charge in [-0.1, -0.05) is 18.9 Å². The van der Waals surface area contributed by atoms with E-state index >= 15 is 0 Å². The van der Waals surface area contributed by atoms with Crippen molar-refractivity contribution in [1.29, 1.82) is 0 Å². The van der Waals surface area contributed by atoms with Crippen LogP contribution < -0.4 is 4.74 Å². The number of rotatable bonds is 6. The van der Waals surface area contributed by atoms with E-state index in [0.29, 0.717) is 12.6 Å². The fourth-order valence-electron chi connectivity index (χ4n) is 4.38. The summed E-state index contributed by atoms with van der Waals surface area (Å²) in [6, 6.07) is 6.71. The first-order valence-corrected chi connectivity index (χ1v) is 10.7. The zero-order valence-electron chi connectivity index (χ0n) is 17.2. The summed E-state index contributed by atoms with van der Waals surface area (Å²) in [7, 11) is 0. The Labute approximate surface area is 168 Å². The van der Waals surface area contributed by atoms with Crippen molar-refractivity contribution in [3.8, 4) is 5.75 Å². The standard InChI is InChI=1S/C23H33N3O2/c1-18-7-8-22(13-19(18)2)28-17-23(27)9-11-25(12-10-23)15-20-14-24-26(16-20)21-5-3-4-6-21/h7-8,13-14,16,21,27H,3-6,9-12,15,17H2,1-2H3. The summed E-state index contributed by atoms with van der Waals surface area (Å²) in [6.07, 6.45) is 10.9. The summed E-state index contributed by atoms with van der Waals surface area (Å²) in [5, 5.41) is 15.5. The van der Waals surface area contributed by atoms with Crippen LogP contribution in [0.1, 0.15) is 61.3 Å². The Bertz CT molecular complexity index is 787. The highest BCUT2D eigenvalue weighted by molar-refractivity contribution is 5.33. The van der Waals surface area contributed by atoms with Crippen molar-refractivity contribution < 1.29 is 9.84 Å². The molecule has 0 amide bonds. The Morgan fingerprint density at radius 3 is 2.61 bits per heavy atom. The minimum Gasteiger partial charge on any atom is -0.491 e. The highest BCUT2D eigenvalue weighted by Crippen LogP contribution is 2.29. The van der Waals surface area contributed by atoms with E-state index in [4.69, 9.17) is 4.74 Å². The van der Waals surface area contributed by atoms with Crippen LogP contribution in [-0.2, 0) is 6.54 Å². The molecule has 0 unspecified atom stereocenters. The molecule has 1 aliphatic carbocycles. The van der Waals surface area contributed by atoms with Gasteiger partial charge in [0.15, 0.2) is 0 Å². The average molecular weight is 384 g/mol. The van der Waals surface area contributed by atoms with E-state index in [-0.39, 0.29) is 0 Å². The van der Waals surface area contributed by atoms with Crippen LogP contribution in [0.4, 0.5) is 0 Å². The molecular weight excluding hydrogens is 350 g/mol. The number of likely N-dealkylation sites (tertiary alicyclic amines) is 1. The first-order valence-electron chi connectivity index (χ1n) is 10.7. The van der Waals surface area contributed by atoms with Crippen molar-refractivity contribution >= 4 is 0 Å². The zero-order valence-corrected chi connectivity index (χ0v) is 17.2. The number of piperidine rings is 1. The second-order valence-corrected chi connectivity index (χ2v) is 8.80. The first kappa shape index (κ1) is 19.5. The van der Waals surface area contributed by atoms with Gasteiger partial charge in [0.05, 0.1) is 12.2 Å². The molecule has 2 fully saturated rings. The number of benzene rings is 1. The van der Waals surface area contributed by atoms with E-state index < -0.39 is 5.60 Å². The lowest BCUT2D eigenvalue weighted by Gasteiger charge is -2.37. The molecule has 1 aromatic carbocycles. The van der Waals surface area contributed by atoms with Gasteiger partial charge in [-0.15, -0.1) is 0 Å². The van der Waals surface area contributed by atoms with Gasteiger partial charge in [-0.2, -0.15) is 5.10 Å². The van der Waals surface area contributed by atoms with Crippen molar-refractivity contribution in [3.63, 3.8) is 0 Å². The van der Waals surface area contributed by atoms with Crippen molar-refractivity contribution in [2.45, 2.75) is 70.6 Å². The molecule has 28 heavy (non-hydrogen) atoms. The Balaban J connectivity index is 1.26. The van der Waals surface area contributed by atoms with Gasteiger partial charge in [0.1, 0.15) is 18.0 Å². The molecule has 5 nitrogen and oxygen atoms in total. The molecule has 0 atom stereocenters. The van der Waals surface area contributed by atoms with Gasteiger partial charge in [-0.05, 0) is 62.8 Å². The SMILES string of the molecule is Cc1ccc(OCC2(O)CCN(Cc3cnn(C4CCCC4)c3)CC2)cc1C. The van der Waals surface area contributed by atoms with Crippen LogP contribution in [0.2, 0.25) is 0 Å². The third-order valence-electron chi connectivity index (χ3n) is 6.53. The highest BCUT2D eigenvalue weighted by Gasteiger charge is 2.33. The molecule has 0 radical (unpaired) electrons. The third-order valence-corrected chi connectivity index (χ3v) is 6.53. The van der Waals surface area contributed by atoms with E-state index in [9.17, 15) is 5.11 Å². The fraction of sp³-hybridized carbons (Fsp3) is 0.609. The van der Waals surface area contributed by atoms with Crippen LogP contribution in [0.5, 0.6) is 5.75 Å². The normalized spacial score (nSPS) is 20.5. The van der Waals surface area contributed by atoms with Gasteiger partial charge in [0.2, 0.25) is 0 Å². The molecular formula is C23H33N3O2. The van der Waals surface area contributed by atoms with Crippen LogP contribution in [-0.4, -0.2) is 45.1 Å². The lowest BCUT2D eigenvalue weighted by Crippen LogP contribution is -2.47. The van der Waals surface area contributed by atoms with Crippen LogP contribution in [0.25, 0.3) is 0 Å². The maximum atomic E-state index is 10.9. The second-order valence-electron chi connectivity index (χ2n) is 8.80. The molecule has 1 aliphatic heterocycles. The molecule has 152 valence electrons. The predicted octanol–water partition coefficient (Wildman–Crippen LogP) is 4.02. The second kappa shape index (κ2) is 8.26. The van der Waals surface area contributed by atoms with Crippen LogP contribution in [0.3, 0.4) is 0 Å². The molecule has 2 aliphatic rings. The maximum Gasteiger partial charge on any atom is 0.119 e. The number of aromatic nitrogens is 2. The van der Waals surface area contributed by atoms with Gasteiger partial charge in [0.25, 0.3) is 0 Å². The van der Waals surface area contributed by atoms with E-state index in [2.05, 4.69) is 46.9 Å². The first-order chi connectivity index (χ1) is 13.5. The van der Waals surface area contributed by atoms with Gasteiger partial charge in [0, 0.05) is 31.4 Å². The van der Waals surface area contributed by atoms with Crippen molar-refractivity contribution in [2.75, 3.05) is 19.7 Å². The number of aryl methyl sites for hydroxylation is 2. The van der Waals surface area contributed by atoms with Crippen molar-refractivity contribution in [1.82, 2.24) is 14.7 Å². The summed E-state index contributed by atoms with van der Waals surface area (Å²) in [6.45, 7) is 7.25. The zero-order chi connectivity index (χ0) is 19.6. The molecule has 0 spiro atoms. The topological polar surface area (TPSA) is 50.5 Å². The molecule has 5 heteroatoms. The van der Waals surface area contributed by atoms with Crippen molar-refractivity contribution in [2.24, 2.45) is 0 Å². The van der Waals surface area contributed by atoms with Gasteiger partial charge < -0.3 is 9.84 Å². The van der Waals surface area contributed by atoms with Gasteiger partial charge in [-0.25, -0.2) is 0 Å². The van der Waals surface area contributed by atoms with Crippen LogP contribution in [0, 0.1) is 13.8 Å². The molecule has 4 rings (SSSR count). The number of hydrogen-bond acceptors (Lipinski definition) is 4. The Kier molecular flexibility index (Phi) is 5.74. The molecule has 1 saturated heterocycles. The summed E-state index contributed by atoms with van der Waals surface area (Å²) in [4.78, 5) is 2.42. The predicted molar refractivity (Wildman–Crippen MR) is 111 cm³/mol.